The van der Waals surface area contributed by atoms with Gasteiger partial charge >= 0.3 is 0 Å². The van der Waals surface area contributed by atoms with E-state index in [-0.39, 0.29) is 11.9 Å². The van der Waals surface area contributed by atoms with Gasteiger partial charge in [0.2, 0.25) is 5.95 Å². The number of fused-ring (bicyclic) bond motifs is 1. The number of amides is 1. The zero-order chi connectivity index (χ0) is 18.8. The van der Waals surface area contributed by atoms with E-state index in [1.165, 1.54) is 17.5 Å². The number of carbonyl (C=O) groups is 1. The minimum atomic E-state index is 0.141. The van der Waals surface area contributed by atoms with Crippen LogP contribution in [0.1, 0.15) is 40.7 Å². The minimum Gasteiger partial charge on any atom is -0.357 e. The summed E-state index contributed by atoms with van der Waals surface area (Å²) in [6.45, 7) is 1.79. The van der Waals surface area contributed by atoms with Crippen LogP contribution in [0.15, 0.2) is 30.5 Å². The lowest BCUT2D eigenvalue weighted by atomic mass is 10.0. The van der Waals surface area contributed by atoms with Gasteiger partial charge in [-0.1, -0.05) is 6.07 Å². The molecule has 1 aromatic carbocycles. The highest BCUT2D eigenvalue weighted by molar-refractivity contribution is 5.94. The van der Waals surface area contributed by atoms with E-state index in [4.69, 9.17) is 0 Å². The predicted octanol–water partition coefficient (Wildman–Crippen LogP) is 2.75. The van der Waals surface area contributed by atoms with E-state index in [0.29, 0.717) is 5.95 Å². The van der Waals surface area contributed by atoms with Crippen molar-refractivity contribution in [1.29, 1.82) is 0 Å². The molecular weight excluding hydrogens is 338 g/mol. The lowest BCUT2D eigenvalue weighted by molar-refractivity contribution is 0.0709. The molecule has 1 amide bonds. The fourth-order valence-corrected chi connectivity index (χ4v) is 4.20. The van der Waals surface area contributed by atoms with Gasteiger partial charge in [-0.3, -0.25) is 4.79 Å². The average Bonchev–Trinajstić information content (AvgIpc) is 3.20. The van der Waals surface area contributed by atoms with E-state index >= 15 is 0 Å². The SMILES string of the molecule is CNc1nccc(N2CCC(N(C)C(=O)c3ccc4c(c3)CCC4)CC2)n1. The molecule has 142 valence electrons. The van der Waals surface area contributed by atoms with Gasteiger partial charge in [-0.25, -0.2) is 4.98 Å². The van der Waals surface area contributed by atoms with E-state index in [1.807, 2.05) is 31.1 Å². The van der Waals surface area contributed by atoms with Crippen LogP contribution < -0.4 is 10.2 Å². The number of piperidine rings is 1. The van der Waals surface area contributed by atoms with Crippen molar-refractivity contribution in [2.24, 2.45) is 0 Å². The molecule has 1 aliphatic heterocycles. The molecule has 1 aliphatic carbocycles. The number of nitrogens with one attached hydrogen (secondary N) is 1. The van der Waals surface area contributed by atoms with Crippen LogP contribution in [0, 0.1) is 0 Å². The quantitative estimate of drug-likeness (QED) is 0.903. The van der Waals surface area contributed by atoms with Gasteiger partial charge in [0.1, 0.15) is 5.82 Å². The number of rotatable bonds is 4. The monoisotopic (exact) mass is 365 g/mol. The van der Waals surface area contributed by atoms with Gasteiger partial charge in [-0.05, 0) is 61.4 Å². The third-order valence-corrected chi connectivity index (χ3v) is 5.87. The van der Waals surface area contributed by atoms with E-state index in [9.17, 15) is 4.79 Å². The van der Waals surface area contributed by atoms with Crippen LogP contribution in [0.5, 0.6) is 0 Å². The van der Waals surface area contributed by atoms with Gasteiger partial charge in [0.25, 0.3) is 5.91 Å². The highest BCUT2D eigenvalue weighted by atomic mass is 16.2. The fourth-order valence-electron chi connectivity index (χ4n) is 4.20. The Morgan fingerprint density at radius 1 is 1.19 bits per heavy atom. The Bertz CT molecular complexity index is 829. The zero-order valence-electron chi connectivity index (χ0n) is 16.1. The molecule has 1 saturated heterocycles. The maximum atomic E-state index is 13.0. The lowest BCUT2D eigenvalue weighted by Crippen LogP contribution is -2.46. The molecule has 6 nitrogen and oxygen atoms in total. The molecule has 6 heteroatoms. The van der Waals surface area contributed by atoms with Gasteiger partial charge in [0, 0.05) is 45.0 Å². The van der Waals surface area contributed by atoms with Gasteiger partial charge in [0.15, 0.2) is 0 Å². The average molecular weight is 365 g/mol. The van der Waals surface area contributed by atoms with Crippen LogP contribution in [0.25, 0.3) is 0 Å². The summed E-state index contributed by atoms with van der Waals surface area (Å²) < 4.78 is 0. The molecule has 0 bridgehead atoms. The lowest BCUT2D eigenvalue weighted by Gasteiger charge is -2.37. The summed E-state index contributed by atoms with van der Waals surface area (Å²) in [4.78, 5) is 25.9. The van der Waals surface area contributed by atoms with Crippen LogP contribution in [-0.4, -0.2) is 54.0 Å². The molecule has 0 atom stereocenters. The summed E-state index contributed by atoms with van der Waals surface area (Å²) >= 11 is 0. The van der Waals surface area contributed by atoms with Gasteiger partial charge in [-0.2, -0.15) is 4.98 Å². The summed E-state index contributed by atoms with van der Waals surface area (Å²) in [6, 6.07) is 8.46. The molecular formula is C21H27N5O. The Hall–Kier alpha value is -2.63. The van der Waals surface area contributed by atoms with Crippen molar-refractivity contribution in [3.8, 4) is 0 Å². The molecule has 2 aromatic rings. The van der Waals surface area contributed by atoms with Crippen LogP contribution in [0.2, 0.25) is 0 Å². The molecule has 27 heavy (non-hydrogen) atoms. The Morgan fingerprint density at radius 3 is 2.74 bits per heavy atom. The standard InChI is InChI=1S/C21H27N5O/c1-22-21-23-11-8-19(24-21)26-12-9-18(10-13-26)25(2)20(27)17-7-6-15-4-3-5-16(15)14-17/h6-8,11,14,18H,3-5,9-10,12-13H2,1-2H3,(H,22,23,24). The largest absolute Gasteiger partial charge is 0.357 e. The summed E-state index contributed by atoms with van der Waals surface area (Å²) in [6.07, 6.45) is 7.14. The highest BCUT2D eigenvalue weighted by Crippen LogP contribution is 2.25. The van der Waals surface area contributed by atoms with Gasteiger partial charge in [-0.15, -0.1) is 0 Å². The summed E-state index contributed by atoms with van der Waals surface area (Å²) in [7, 11) is 3.77. The first kappa shape index (κ1) is 17.8. The normalized spacial score (nSPS) is 16.9. The molecule has 1 fully saturated rings. The number of carbonyl (C=O) groups excluding carboxylic acids is 1. The first-order chi connectivity index (χ1) is 13.2. The first-order valence-electron chi connectivity index (χ1n) is 9.80. The molecule has 2 aliphatic rings. The Balaban J connectivity index is 1.39. The number of nitrogens with zero attached hydrogens (tertiary/aromatic N) is 4. The number of anilines is 2. The van der Waals surface area contributed by atoms with Gasteiger partial charge < -0.3 is 15.1 Å². The molecule has 0 radical (unpaired) electrons. The van der Waals surface area contributed by atoms with Crippen LogP contribution in [-0.2, 0) is 12.8 Å². The Labute approximate surface area is 160 Å². The molecule has 0 unspecified atom stereocenters. The zero-order valence-corrected chi connectivity index (χ0v) is 16.1. The molecule has 0 saturated carbocycles. The van der Waals surface area contributed by atoms with E-state index < -0.39 is 0 Å². The summed E-state index contributed by atoms with van der Waals surface area (Å²) in [5.74, 6) is 1.72. The number of hydrogen-bond donors (Lipinski definition) is 1. The second-order valence-corrected chi connectivity index (χ2v) is 7.46. The fraction of sp³-hybridized carbons (Fsp3) is 0.476. The number of aromatic nitrogens is 2. The maximum Gasteiger partial charge on any atom is 0.253 e. The van der Waals surface area contributed by atoms with E-state index in [1.54, 1.807) is 6.20 Å². The summed E-state index contributed by atoms with van der Waals surface area (Å²) in [5, 5.41) is 2.98. The van der Waals surface area contributed by atoms with Crippen LogP contribution in [0.3, 0.4) is 0 Å². The summed E-state index contributed by atoms with van der Waals surface area (Å²) in [5.41, 5.74) is 3.59. The third kappa shape index (κ3) is 3.61. The van der Waals surface area contributed by atoms with E-state index in [2.05, 4.69) is 32.3 Å². The van der Waals surface area contributed by atoms with Crippen molar-refractivity contribution in [3.63, 3.8) is 0 Å². The van der Waals surface area contributed by atoms with Crippen LogP contribution in [0.4, 0.5) is 11.8 Å². The molecule has 4 rings (SSSR count). The van der Waals surface area contributed by atoms with Crippen molar-refractivity contribution < 1.29 is 4.79 Å². The van der Waals surface area contributed by atoms with Crippen molar-refractivity contribution in [1.82, 2.24) is 14.9 Å². The first-order valence-corrected chi connectivity index (χ1v) is 9.80. The van der Waals surface area contributed by atoms with Crippen molar-refractivity contribution in [3.05, 3.63) is 47.2 Å². The maximum absolute atomic E-state index is 13.0. The molecule has 2 heterocycles. The molecule has 0 spiro atoms. The van der Waals surface area contributed by atoms with Crippen molar-refractivity contribution in [2.75, 3.05) is 37.4 Å². The van der Waals surface area contributed by atoms with Gasteiger partial charge in [0.05, 0.1) is 0 Å². The van der Waals surface area contributed by atoms with E-state index in [0.717, 1.165) is 50.2 Å². The number of hydrogen-bond acceptors (Lipinski definition) is 5. The van der Waals surface area contributed by atoms with Crippen molar-refractivity contribution in [2.45, 2.75) is 38.1 Å². The second kappa shape index (κ2) is 7.55. The highest BCUT2D eigenvalue weighted by Gasteiger charge is 2.27. The predicted molar refractivity (Wildman–Crippen MR) is 107 cm³/mol. The number of benzene rings is 1. The second-order valence-electron chi connectivity index (χ2n) is 7.46. The third-order valence-electron chi connectivity index (χ3n) is 5.87. The topological polar surface area (TPSA) is 61.4 Å². The van der Waals surface area contributed by atoms with Crippen LogP contribution >= 0.6 is 0 Å². The number of aryl methyl sites for hydroxylation is 2. The van der Waals surface area contributed by atoms with Crippen molar-refractivity contribution >= 4 is 17.7 Å². The minimum absolute atomic E-state index is 0.141. The molecule has 1 N–H and O–H groups in total. The smallest absolute Gasteiger partial charge is 0.253 e. The Kier molecular flexibility index (Phi) is 4.97. The Morgan fingerprint density at radius 2 is 1.96 bits per heavy atom. The molecule has 1 aromatic heterocycles.